The molecule has 28 heavy (non-hydrogen) atoms. The van der Waals surface area contributed by atoms with Crippen molar-refractivity contribution in [2.45, 2.75) is 52.1 Å². The van der Waals surface area contributed by atoms with Crippen molar-refractivity contribution in [1.29, 1.82) is 0 Å². The number of piperidine rings is 1. The highest BCUT2D eigenvalue weighted by molar-refractivity contribution is 5.75. The van der Waals surface area contributed by atoms with Crippen LogP contribution in [0.2, 0.25) is 0 Å². The monoisotopic (exact) mass is 382 g/mol. The van der Waals surface area contributed by atoms with Crippen LogP contribution in [-0.4, -0.2) is 30.5 Å². The fourth-order valence-corrected chi connectivity index (χ4v) is 4.32. The molecular weight excluding hydrogens is 352 g/mol. The molecule has 3 heterocycles. The summed E-state index contributed by atoms with van der Waals surface area (Å²) in [5.41, 5.74) is 2.71. The van der Waals surface area contributed by atoms with Gasteiger partial charge in [0.25, 0.3) is 0 Å². The van der Waals surface area contributed by atoms with Crippen molar-refractivity contribution in [3.8, 4) is 5.75 Å². The third-order valence-electron chi connectivity index (χ3n) is 5.80. The van der Waals surface area contributed by atoms with Crippen molar-refractivity contribution >= 4 is 5.91 Å². The van der Waals surface area contributed by atoms with E-state index in [9.17, 15) is 4.79 Å². The number of ether oxygens (including phenoxy) is 1. The molecule has 1 aromatic carbocycles. The lowest BCUT2D eigenvalue weighted by Gasteiger charge is -2.32. The quantitative estimate of drug-likeness (QED) is 0.791. The Balaban J connectivity index is 1.21. The van der Waals surface area contributed by atoms with E-state index in [1.807, 2.05) is 19.1 Å². The number of carbonyl (C=O) groups excluding carboxylic acids is 1. The summed E-state index contributed by atoms with van der Waals surface area (Å²) in [5, 5.41) is 2.97. The molecular formula is C23H30N2O3. The average molecular weight is 383 g/mol. The number of benzene rings is 1. The standard InChI is InChI=1S/C23H30N2O3/c1-17-4-7-21(28-17)14-24-23(26)9-6-18-3-2-11-25(15-18)16-19-5-8-22-20(13-19)10-12-27-22/h4-5,7-8,13,18H,2-3,6,9-12,14-16H2,1H3,(H,24,26)/t18-/m1/s1. The van der Waals surface area contributed by atoms with Gasteiger partial charge in [-0.3, -0.25) is 9.69 Å². The lowest BCUT2D eigenvalue weighted by molar-refractivity contribution is -0.121. The maximum absolute atomic E-state index is 12.2. The predicted octanol–water partition coefficient (Wildman–Crippen LogP) is 3.83. The number of nitrogens with one attached hydrogen (secondary N) is 1. The van der Waals surface area contributed by atoms with Crippen molar-refractivity contribution in [1.82, 2.24) is 10.2 Å². The molecule has 0 bridgehead atoms. The number of nitrogens with zero attached hydrogens (tertiary/aromatic N) is 1. The van der Waals surface area contributed by atoms with Gasteiger partial charge in [-0.2, -0.15) is 0 Å². The number of fused-ring (bicyclic) bond motifs is 1. The van der Waals surface area contributed by atoms with Gasteiger partial charge in [0.05, 0.1) is 13.2 Å². The van der Waals surface area contributed by atoms with Crippen LogP contribution in [-0.2, 0) is 24.3 Å². The molecule has 1 N–H and O–H groups in total. The minimum Gasteiger partial charge on any atom is -0.493 e. The molecule has 150 valence electrons. The van der Waals surface area contributed by atoms with Crippen LogP contribution in [0.3, 0.4) is 0 Å². The fourth-order valence-electron chi connectivity index (χ4n) is 4.32. The summed E-state index contributed by atoms with van der Waals surface area (Å²) in [6, 6.07) is 10.4. The van der Waals surface area contributed by atoms with Crippen molar-refractivity contribution in [3.63, 3.8) is 0 Å². The Morgan fingerprint density at radius 2 is 2.21 bits per heavy atom. The normalized spacial score (nSPS) is 19.2. The van der Waals surface area contributed by atoms with E-state index in [2.05, 4.69) is 28.4 Å². The van der Waals surface area contributed by atoms with Gasteiger partial charge in [0.2, 0.25) is 5.91 Å². The van der Waals surface area contributed by atoms with Crippen molar-refractivity contribution < 1.29 is 13.9 Å². The first kappa shape index (κ1) is 19.1. The van der Waals surface area contributed by atoms with Crippen molar-refractivity contribution in [2.75, 3.05) is 19.7 Å². The Hall–Kier alpha value is -2.27. The van der Waals surface area contributed by atoms with Gasteiger partial charge < -0.3 is 14.5 Å². The Kier molecular flexibility index (Phi) is 6.01. The highest BCUT2D eigenvalue weighted by atomic mass is 16.5. The van der Waals surface area contributed by atoms with Crippen LogP contribution in [0.4, 0.5) is 0 Å². The van der Waals surface area contributed by atoms with Gasteiger partial charge in [0, 0.05) is 25.9 Å². The zero-order valence-corrected chi connectivity index (χ0v) is 16.7. The lowest BCUT2D eigenvalue weighted by atomic mass is 9.93. The van der Waals surface area contributed by atoms with E-state index in [4.69, 9.17) is 9.15 Å². The summed E-state index contributed by atoms with van der Waals surface area (Å²) < 4.78 is 11.1. The predicted molar refractivity (Wildman–Crippen MR) is 108 cm³/mol. The van der Waals surface area contributed by atoms with Crippen LogP contribution in [0.1, 0.15) is 48.3 Å². The Morgan fingerprint density at radius 3 is 3.07 bits per heavy atom. The Bertz CT molecular complexity index is 814. The second kappa shape index (κ2) is 8.82. The second-order valence-corrected chi connectivity index (χ2v) is 8.11. The number of furan rings is 1. The Labute approximate surface area is 167 Å². The summed E-state index contributed by atoms with van der Waals surface area (Å²) in [7, 11) is 0. The van der Waals surface area contributed by atoms with E-state index in [1.165, 1.54) is 24.0 Å². The minimum absolute atomic E-state index is 0.116. The van der Waals surface area contributed by atoms with E-state index >= 15 is 0 Å². The second-order valence-electron chi connectivity index (χ2n) is 8.11. The number of hydrogen-bond donors (Lipinski definition) is 1. The SMILES string of the molecule is Cc1ccc(CNC(=O)CC[C@H]2CCCN(Cc3ccc4c(c3)CCO4)C2)o1. The molecule has 1 aromatic heterocycles. The van der Waals surface area contributed by atoms with E-state index in [0.717, 1.165) is 56.4 Å². The first-order chi connectivity index (χ1) is 13.7. The zero-order chi connectivity index (χ0) is 19.3. The third kappa shape index (κ3) is 4.96. The summed E-state index contributed by atoms with van der Waals surface area (Å²) in [6.45, 7) is 6.43. The maximum Gasteiger partial charge on any atom is 0.220 e. The summed E-state index contributed by atoms with van der Waals surface area (Å²) in [6.07, 6.45) is 5.01. The van der Waals surface area contributed by atoms with Crippen LogP contribution in [0.5, 0.6) is 5.75 Å². The molecule has 1 amide bonds. The van der Waals surface area contributed by atoms with Crippen LogP contribution in [0, 0.1) is 12.8 Å². The van der Waals surface area contributed by atoms with Crippen LogP contribution < -0.4 is 10.1 Å². The maximum atomic E-state index is 12.2. The van der Waals surface area contributed by atoms with E-state index < -0.39 is 0 Å². The molecule has 2 aliphatic heterocycles. The first-order valence-electron chi connectivity index (χ1n) is 10.4. The molecule has 4 rings (SSSR count). The molecule has 5 heteroatoms. The topological polar surface area (TPSA) is 54.7 Å². The smallest absolute Gasteiger partial charge is 0.220 e. The Morgan fingerprint density at radius 1 is 1.29 bits per heavy atom. The minimum atomic E-state index is 0.116. The molecule has 1 fully saturated rings. The molecule has 2 aliphatic rings. The molecule has 0 saturated carbocycles. The zero-order valence-electron chi connectivity index (χ0n) is 16.7. The van der Waals surface area contributed by atoms with Gasteiger partial charge in [-0.1, -0.05) is 12.1 Å². The highest BCUT2D eigenvalue weighted by Crippen LogP contribution is 2.28. The number of rotatable bonds is 7. The van der Waals surface area contributed by atoms with E-state index in [-0.39, 0.29) is 5.91 Å². The van der Waals surface area contributed by atoms with Gasteiger partial charge in [0.1, 0.15) is 17.3 Å². The number of aryl methyl sites for hydroxylation is 1. The molecule has 0 aliphatic carbocycles. The van der Waals surface area contributed by atoms with E-state index in [1.54, 1.807) is 0 Å². The first-order valence-corrected chi connectivity index (χ1v) is 10.4. The van der Waals surface area contributed by atoms with Crippen LogP contribution in [0.25, 0.3) is 0 Å². The summed E-state index contributed by atoms with van der Waals surface area (Å²) in [5.74, 6) is 3.46. The molecule has 0 radical (unpaired) electrons. The molecule has 2 aromatic rings. The summed E-state index contributed by atoms with van der Waals surface area (Å²) in [4.78, 5) is 14.7. The van der Waals surface area contributed by atoms with Gasteiger partial charge in [-0.05, 0) is 68.0 Å². The number of carbonyl (C=O) groups is 1. The van der Waals surface area contributed by atoms with Gasteiger partial charge in [0.15, 0.2) is 0 Å². The molecule has 1 saturated heterocycles. The van der Waals surface area contributed by atoms with Crippen molar-refractivity contribution in [3.05, 3.63) is 53.0 Å². The van der Waals surface area contributed by atoms with Gasteiger partial charge >= 0.3 is 0 Å². The molecule has 0 unspecified atom stereocenters. The number of likely N-dealkylation sites (tertiary alicyclic amines) is 1. The van der Waals surface area contributed by atoms with Crippen LogP contribution >= 0.6 is 0 Å². The number of hydrogen-bond acceptors (Lipinski definition) is 4. The highest BCUT2D eigenvalue weighted by Gasteiger charge is 2.21. The third-order valence-corrected chi connectivity index (χ3v) is 5.80. The van der Waals surface area contributed by atoms with Crippen LogP contribution in [0.15, 0.2) is 34.7 Å². The lowest BCUT2D eigenvalue weighted by Crippen LogP contribution is -2.35. The average Bonchev–Trinajstić information content (AvgIpc) is 3.33. The summed E-state index contributed by atoms with van der Waals surface area (Å²) >= 11 is 0. The van der Waals surface area contributed by atoms with E-state index in [0.29, 0.717) is 18.9 Å². The fraction of sp³-hybridized carbons (Fsp3) is 0.522. The van der Waals surface area contributed by atoms with Crippen molar-refractivity contribution in [2.24, 2.45) is 5.92 Å². The van der Waals surface area contributed by atoms with Gasteiger partial charge in [-0.25, -0.2) is 0 Å². The largest absolute Gasteiger partial charge is 0.493 e. The number of amides is 1. The molecule has 1 atom stereocenters. The van der Waals surface area contributed by atoms with Gasteiger partial charge in [-0.15, -0.1) is 0 Å². The molecule has 5 nitrogen and oxygen atoms in total. The molecule has 0 spiro atoms.